The van der Waals surface area contributed by atoms with Crippen LogP contribution in [0, 0.1) is 12.8 Å². The number of carbonyl (C=O) groups excluding carboxylic acids is 2. The van der Waals surface area contributed by atoms with Crippen molar-refractivity contribution in [1.29, 1.82) is 0 Å². The lowest BCUT2D eigenvalue weighted by atomic mass is 9.77. The van der Waals surface area contributed by atoms with E-state index >= 15 is 0 Å². The highest BCUT2D eigenvalue weighted by Gasteiger charge is 2.24. The number of carboxylic acids is 1. The molecule has 7 nitrogen and oxygen atoms in total. The van der Waals surface area contributed by atoms with E-state index in [9.17, 15) is 14.4 Å². The quantitative estimate of drug-likeness (QED) is 0.349. The van der Waals surface area contributed by atoms with Gasteiger partial charge in [0.2, 0.25) is 5.91 Å². The van der Waals surface area contributed by atoms with Crippen LogP contribution in [0.4, 0.5) is 5.69 Å². The Kier molecular flexibility index (Phi) is 8.48. The molecule has 0 spiro atoms. The fourth-order valence-corrected chi connectivity index (χ4v) is 5.68. The Bertz CT molecular complexity index is 1200. The number of nitrogens with one attached hydrogen (secondary N) is 2. The predicted molar refractivity (Wildman–Crippen MR) is 141 cm³/mol. The second-order valence-electron chi connectivity index (χ2n) is 9.29. The summed E-state index contributed by atoms with van der Waals surface area (Å²) < 4.78 is 0. The first-order valence-corrected chi connectivity index (χ1v) is 13.1. The van der Waals surface area contributed by atoms with Crippen molar-refractivity contribution in [3.63, 3.8) is 0 Å². The van der Waals surface area contributed by atoms with Gasteiger partial charge in [0.1, 0.15) is 9.88 Å². The van der Waals surface area contributed by atoms with E-state index in [0.29, 0.717) is 16.5 Å². The molecule has 0 unspecified atom stereocenters. The third kappa shape index (κ3) is 6.79. The maximum Gasteiger partial charge on any atom is 0.303 e. The molecular weight excluding hydrogens is 474 g/mol. The lowest BCUT2D eigenvalue weighted by Gasteiger charge is -2.28. The van der Waals surface area contributed by atoms with Gasteiger partial charge in [-0.15, -0.1) is 11.3 Å². The maximum absolute atomic E-state index is 12.6. The van der Waals surface area contributed by atoms with Gasteiger partial charge in [0.25, 0.3) is 5.91 Å². The van der Waals surface area contributed by atoms with Crippen LogP contribution in [0.5, 0.6) is 0 Å². The first-order valence-electron chi connectivity index (χ1n) is 12.3. The van der Waals surface area contributed by atoms with Crippen molar-refractivity contribution in [3.05, 3.63) is 70.7 Å². The lowest BCUT2D eigenvalue weighted by Crippen LogP contribution is -2.27. The molecular formula is C28H31N3O4S. The van der Waals surface area contributed by atoms with Crippen LogP contribution < -0.4 is 10.6 Å². The highest BCUT2D eigenvalue weighted by atomic mass is 32.1. The summed E-state index contributed by atoms with van der Waals surface area (Å²) in [5, 5.41) is 15.5. The number of nitrogens with zero attached hydrogens (tertiary/aromatic N) is 1. The molecule has 2 aromatic carbocycles. The predicted octanol–water partition coefficient (Wildman–Crippen LogP) is 5.63. The van der Waals surface area contributed by atoms with E-state index in [2.05, 4.69) is 15.6 Å². The number of aliphatic carboxylic acids is 1. The number of hydrogen-bond donors (Lipinski definition) is 3. The van der Waals surface area contributed by atoms with Crippen molar-refractivity contribution in [2.24, 2.45) is 5.92 Å². The minimum atomic E-state index is -0.714. The Hall–Kier alpha value is -3.52. The molecule has 0 atom stereocenters. The van der Waals surface area contributed by atoms with Crippen LogP contribution in [0.25, 0.3) is 10.6 Å². The average Bonchev–Trinajstić information content (AvgIpc) is 3.27. The summed E-state index contributed by atoms with van der Waals surface area (Å²) in [5.41, 5.74) is 3.60. The zero-order valence-corrected chi connectivity index (χ0v) is 21.1. The molecule has 0 bridgehead atoms. The molecule has 2 amide bonds. The molecule has 1 saturated carbocycles. The summed E-state index contributed by atoms with van der Waals surface area (Å²) in [4.78, 5) is 41.0. The van der Waals surface area contributed by atoms with Crippen LogP contribution in [0.15, 0.2) is 54.6 Å². The summed E-state index contributed by atoms with van der Waals surface area (Å²) in [6, 6.07) is 17.6. The number of hydrogen-bond acceptors (Lipinski definition) is 5. The van der Waals surface area contributed by atoms with Crippen molar-refractivity contribution in [2.75, 3.05) is 11.9 Å². The average molecular weight is 506 g/mol. The molecule has 1 heterocycles. The van der Waals surface area contributed by atoms with Crippen molar-refractivity contribution < 1.29 is 19.5 Å². The minimum Gasteiger partial charge on any atom is -0.481 e. The number of aromatic nitrogens is 1. The van der Waals surface area contributed by atoms with Gasteiger partial charge >= 0.3 is 5.97 Å². The van der Waals surface area contributed by atoms with Crippen molar-refractivity contribution in [2.45, 2.75) is 51.4 Å². The Morgan fingerprint density at radius 3 is 2.36 bits per heavy atom. The molecule has 1 fully saturated rings. The van der Waals surface area contributed by atoms with Crippen molar-refractivity contribution in [3.8, 4) is 10.6 Å². The van der Waals surface area contributed by atoms with E-state index in [0.717, 1.165) is 41.9 Å². The monoisotopic (exact) mass is 505 g/mol. The zero-order valence-electron chi connectivity index (χ0n) is 20.3. The second-order valence-corrected chi connectivity index (χ2v) is 10.3. The number of carboxylic acid groups (broad SMARTS) is 1. The summed E-state index contributed by atoms with van der Waals surface area (Å²) in [7, 11) is 0. The number of benzene rings is 2. The number of anilines is 1. The number of aryl methyl sites for hydroxylation is 1. The number of amides is 2. The topological polar surface area (TPSA) is 108 Å². The normalized spacial score (nSPS) is 17.4. The lowest BCUT2D eigenvalue weighted by molar-refractivity contribution is -0.138. The van der Waals surface area contributed by atoms with Crippen molar-refractivity contribution in [1.82, 2.24) is 10.3 Å². The molecule has 8 heteroatoms. The van der Waals surface area contributed by atoms with Crippen LogP contribution in [0.3, 0.4) is 0 Å². The second kappa shape index (κ2) is 11.9. The summed E-state index contributed by atoms with van der Waals surface area (Å²) in [5.74, 6) is -0.379. The molecule has 0 radical (unpaired) electrons. The molecule has 0 aliphatic heterocycles. The number of carbonyl (C=O) groups is 3. The van der Waals surface area contributed by atoms with Crippen LogP contribution in [-0.2, 0) is 9.59 Å². The maximum atomic E-state index is 12.6. The van der Waals surface area contributed by atoms with Gasteiger partial charge in [-0.3, -0.25) is 14.4 Å². The van der Waals surface area contributed by atoms with Crippen LogP contribution >= 0.6 is 11.3 Å². The molecule has 0 saturated heterocycles. The van der Waals surface area contributed by atoms with E-state index in [4.69, 9.17) is 5.11 Å². The number of rotatable bonds is 9. The van der Waals surface area contributed by atoms with Gasteiger partial charge in [-0.05, 0) is 62.1 Å². The fourth-order valence-electron chi connectivity index (χ4n) is 4.69. The third-order valence-electron chi connectivity index (χ3n) is 6.64. The largest absolute Gasteiger partial charge is 0.481 e. The highest BCUT2D eigenvalue weighted by Crippen LogP contribution is 2.37. The summed E-state index contributed by atoms with van der Waals surface area (Å²) >= 11 is 1.35. The standard InChI is InChI=1S/C28H31N3O4S/c1-18-26(36-28(30-18)22-5-3-2-4-6-22)27(35)29-16-15-24(32)31-23-13-11-21(12-14-23)20-9-7-19(8-10-20)17-25(33)34/h2-6,11-14,19-20H,7-10,15-17H2,1H3,(H,29,35)(H,31,32)(H,33,34)/t19-,20-. The van der Waals surface area contributed by atoms with Gasteiger partial charge < -0.3 is 15.7 Å². The van der Waals surface area contributed by atoms with Gasteiger partial charge in [-0.25, -0.2) is 4.98 Å². The van der Waals surface area contributed by atoms with E-state index < -0.39 is 5.97 Å². The molecule has 4 rings (SSSR count). The molecule has 1 aliphatic rings. The smallest absolute Gasteiger partial charge is 0.303 e. The molecule has 3 aromatic rings. The Morgan fingerprint density at radius 1 is 1.00 bits per heavy atom. The van der Waals surface area contributed by atoms with Gasteiger partial charge in [-0.1, -0.05) is 42.5 Å². The molecule has 3 N–H and O–H groups in total. The Balaban J connectivity index is 1.21. The van der Waals surface area contributed by atoms with E-state index in [-0.39, 0.29) is 37.1 Å². The van der Waals surface area contributed by atoms with Crippen molar-refractivity contribution >= 4 is 34.8 Å². The molecule has 1 aromatic heterocycles. The first kappa shape index (κ1) is 25.6. The summed E-state index contributed by atoms with van der Waals surface area (Å²) in [6.07, 6.45) is 4.30. The Morgan fingerprint density at radius 2 is 1.69 bits per heavy atom. The molecule has 36 heavy (non-hydrogen) atoms. The molecule has 1 aliphatic carbocycles. The van der Waals surface area contributed by atoms with E-state index in [1.807, 2.05) is 61.5 Å². The van der Waals surface area contributed by atoms with E-state index in [1.54, 1.807) is 0 Å². The third-order valence-corrected chi connectivity index (χ3v) is 7.84. The minimum absolute atomic E-state index is 0.164. The Labute approximate surface area is 215 Å². The van der Waals surface area contributed by atoms with Gasteiger partial charge in [0, 0.05) is 30.6 Å². The van der Waals surface area contributed by atoms with Crippen LogP contribution in [-0.4, -0.2) is 34.4 Å². The van der Waals surface area contributed by atoms with Crippen LogP contribution in [0.2, 0.25) is 0 Å². The SMILES string of the molecule is Cc1nc(-c2ccccc2)sc1C(=O)NCCC(=O)Nc1ccc([C@H]2CC[C@H](CC(=O)O)CC2)cc1. The first-order chi connectivity index (χ1) is 17.4. The van der Waals surface area contributed by atoms with Gasteiger partial charge in [0.05, 0.1) is 5.69 Å². The highest BCUT2D eigenvalue weighted by molar-refractivity contribution is 7.17. The fraction of sp³-hybridized carbons (Fsp3) is 0.357. The summed E-state index contributed by atoms with van der Waals surface area (Å²) in [6.45, 7) is 2.05. The molecule has 188 valence electrons. The zero-order chi connectivity index (χ0) is 25.5. The number of thiazole rings is 1. The van der Waals surface area contributed by atoms with Gasteiger partial charge in [0.15, 0.2) is 0 Å². The van der Waals surface area contributed by atoms with Crippen LogP contribution in [0.1, 0.15) is 65.4 Å². The van der Waals surface area contributed by atoms with Gasteiger partial charge in [-0.2, -0.15) is 0 Å². The van der Waals surface area contributed by atoms with E-state index in [1.165, 1.54) is 16.9 Å².